The highest BCUT2D eigenvalue weighted by atomic mass is 16.5. The number of amides is 2. The molecule has 0 saturated carbocycles. The fraction of sp³-hybridized carbons (Fsp3) is 0.211. The van der Waals surface area contributed by atoms with Gasteiger partial charge in [-0.2, -0.15) is 0 Å². The van der Waals surface area contributed by atoms with Gasteiger partial charge >= 0.3 is 5.97 Å². The minimum Gasteiger partial charge on any atom is -0.465 e. The zero-order chi connectivity index (χ0) is 18.4. The molecule has 0 saturated heterocycles. The average molecular weight is 340 g/mol. The van der Waals surface area contributed by atoms with Crippen LogP contribution in [0.1, 0.15) is 28.4 Å². The summed E-state index contributed by atoms with van der Waals surface area (Å²) in [5, 5.41) is 5.48. The van der Waals surface area contributed by atoms with E-state index in [1.54, 1.807) is 49.4 Å². The van der Waals surface area contributed by atoms with Crippen molar-refractivity contribution in [3.05, 3.63) is 59.2 Å². The van der Waals surface area contributed by atoms with Crippen molar-refractivity contribution in [1.82, 2.24) is 0 Å². The van der Waals surface area contributed by atoms with E-state index >= 15 is 0 Å². The topological polar surface area (TPSA) is 84.5 Å². The Hall–Kier alpha value is -3.15. The Morgan fingerprint density at radius 1 is 1.00 bits per heavy atom. The van der Waals surface area contributed by atoms with Crippen LogP contribution in [-0.2, 0) is 20.7 Å². The largest absolute Gasteiger partial charge is 0.465 e. The first-order valence-electron chi connectivity index (χ1n) is 7.75. The highest BCUT2D eigenvalue weighted by Crippen LogP contribution is 2.20. The Labute approximate surface area is 146 Å². The van der Waals surface area contributed by atoms with E-state index in [1.807, 2.05) is 0 Å². The quantitative estimate of drug-likeness (QED) is 0.820. The van der Waals surface area contributed by atoms with Crippen molar-refractivity contribution in [2.45, 2.75) is 20.3 Å². The molecule has 0 atom stereocenters. The summed E-state index contributed by atoms with van der Waals surface area (Å²) in [4.78, 5) is 35.0. The third kappa shape index (κ3) is 4.91. The van der Waals surface area contributed by atoms with Crippen molar-refractivity contribution >= 4 is 29.2 Å². The van der Waals surface area contributed by atoms with Crippen LogP contribution >= 0.6 is 0 Å². The maximum absolute atomic E-state index is 12.3. The van der Waals surface area contributed by atoms with Gasteiger partial charge in [-0.25, -0.2) is 4.79 Å². The maximum atomic E-state index is 12.3. The summed E-state index contributed by atoms with van der Waals surface area (Å²) in [5.74, 6) is -0.786. The number of nitrogens with one attached hydrogen (secondary N) is 2. The summed E-state index contributed by atoms with van der Waals surface area (Å²) in [6, 6.07) is 12.1. The van der Waals surface area contributed by atoms with E-state index < -0.39 is 5.97 Å². The van der Waals surface area contributed by atoms with Crippen LogP contribution in [0.15, 0.2) is 42.5 Å². The lowest BCUT2D eigenvalue weighted by atomic mass is 10.1. The highest BCUT2D eigenvalue weighted by molar-refractivity contribution is 5.97. The molecule has 0 fully saturated rings. The molecule has 2 rings (SSSR count). The number of hydrogen-bond acceptors (Lipinski definition) is 4. The van der Waals surface area contributed by atoms with Crippen LogP contribution in [0.4, 0.5) is 11.4 Å². The van der Waals surface area contributed by atoms with Crippen molar-refractivity contribution in [3.63, 3.8) is 0 Å². The lowest BCUT2D eigenvalue weighted by molar-refractivity contribution is -0.116. The monoisotopic (exact) mass is 340 g/mol. The minimum atomic E-state index is -0.442. The normalized spacial score (nSPS) is 10.0. The molecule has 2 amide bonds. The van der Waals surface area contributed by atoms with Crippen molar-refractivity contribution in [2.24, 2.45) is 0 Å². The molecule has 0 heterocycles. The Morgan fingerprint density at radius 2 is 1.68 bits per heavy atom. The molecule has 2 N–H and O–H groups in total. The van der Waals surface area contributed by atoms with Gasteiger partial charge in [0.25, 0.3) is 0 Å². The first kappa shape index (κ1) is 18.2. The molecule has 0 aromatic heterocycles. The number of hydrogen-bond donors (Lipinski definition) is 2. The van der Waals surface area contributed by atoms with Gasteiger partial charge in [0.15, 0.2) is 0 Å². The summed E-state index contributed by atoms with van der Waals surface area (Å²) in [5.41, 5.74) is 3.14. The Morgan fingerprint density at radius 3 is 2.28 bits per heavy atom. The summed E-state index contributed by atoms with van der Waals surface area (Å²) in [7, 11) is 1.32. The third-order valence-electron chi connectivity index (χ3n) is 3.65. The summed E-state index contributed by atoms with van der Waals surface area (Å²) < 4.78 is 4.73. The number of ether oxygens (including phenoxy) is 1. The molecule has 0 spiro atoms. The predicted molar refractivity (Wildman–Crippen MR) is 95.6 cm³/mol. The summed E-state index contributed by atoms with van der Waals surface area (Å²) >= 11 is 0. The van der Waals surface area contributed by atoms with Gasteiger partial charge < -0.3 is 15.4 Å². The Kier molecular flexibility index (Phi) is 5.89. The maximum Gasteiger partial charge on any atom is 0.338 e. The molecule has 6 heteroatoms. The molecule has 2 aromatic rings. The van der Waals surface area contributed by atoms with Gasteiger partial charge in [0.05, 0.1) is 19.1 Å². The molecule has 2 aromatic carbocycles. The van der Waals surface area contributed by atoms with Crippen LogP contribution in [0.2, 0.25) is 0 Å². The number of rotatable bonds is 5. The first-order chi connectivity index (χ1) is 11.9. The van der Waals surface area contributed by atoms with Gasteiger partial charge in [0.1, 0.15) is 0 Å². The van der Waals surface area contributed by atoms with E-state index in [4.69, 9.17) is 4.74 Å². The molecule has 0 aliphatic carbocycles. The number of carbonyl (C=O) groups is 3. The van der Waals surface area contributed by atoms with Crippen molar-refractivity contribution in [2.75, 3.05) is 17.7 Å². The number of esters is 1. The molecular formula is C19H20N2O4. The van der Waals surface area contributed by atoms with Gasteiger partial charge in [-0.15, -0.1) is 0 Å². The summed E-state index contributed by atoms with van der Waals surface area (Å²) in [6.45, 7) is 3.19. The standard InChI is InChI=1S/C19H20N2O4/c1-12-16(19(24)25-3)5-4-6-17(12)21-18(23)11-14-7-9-15(10-8-14)20-13(2)22/h4-10H,11H2,1-3H3,(H,20,22)(H,21,23). The predicted octanol–water partition coefficient (Wildman–Crippen LogP) is 2.92. The van der Waals surface area contributed by atoms with Crippen molar-refractivity contribution in [3.8, 4) is 0 Å². The zero-order valence-corrected chi connectivity index (χ0v) is 14.4. The fourth-order valence-corrected chi connectivity index (χ4v) is 2.39. The molecule has 130 valence electrons. The van der Waals surface area contributed by atoms with Crippen LogP contribution in [0.3, 0.4) is 0 Å². The van der Waals surface area contributed by atoms with E-state index in [0.717, 1.165) is 5.56 Å². The first-order valence-corrected chi connectivity index (χ1v) is 7.75. The second-order valence-corrected chi connectivity index (χ2v) is 5.57. The van der Waals surface area contributed by atoms with Crippen molar-refractivity contribution in [1.29, 1.82) is 0 Å². The lowest BCUT2D eigenvalue weighted by Gasteiger charge is -2.11. The average Bonchev–Trinajstić information content (AvgIpc) is 2.57. The van der Waals surface area contributed by atoms with E-state index in [1.165, 1.54) is 14.0 Å². The second-order valence-electron chi connectivity index (χ2n) is 5.57. The molecule has 0 unspecified atom stereocenters. The van der Waals surface area contributed by atoms with Crippen LogP contribution in [-0.4, -0.2) is 24.9 Å². The molecule has 6 nitrogen and oxygen atoms in total. The van der Waals surface area contributed by atoms with Gasteiger partial charge in [0.2, 0.25) is 11.8 Å². The number of benzene rings is 2. The van der Waals surface area contributed by atoms with Crippen LogP contribution in [0, 0.1) is 6.92 Å². The van der Waals surface area contributed by atoms with E-state index in [0.29, 0.717) is 22.5 Å². The number of anilines is 2. The van der Waals surface area contributed by atoms with E-state index in [-0.39, 0.29) is 18.2 Å². The molecule has 0 bridgehead atoms. The number of methoxy groups -OCH3 is 1. The summed E-state index contributed by atoms with van der Waals surface area (Å²) in [6.07, 6.45) is 0.183. The molecule has 25 heavy (non-hydrogen) atoms. The molecular weight excluding hydrogens is 320 g/mol. The van der Waals surface area contributed by atoms with Gasteiger partial charge in [-0.05, 0) is 42.3 Å². The molecule has 0 aliphatic rings. The lowest BCUT2D eigenvalue weighted by Crippen LogP contribution is -2.16. The number of carbonyl (C=O) groups excluding carboxylic acids is 3. The van der Waals surface area contributed by atoms with Gasteiger partial charge in [-0.1, -0.05) is 18.2 Å². The molecule has 0 aliphatic heterocycles. The molecule has 0 radical (unpaired) electrons. The minimum absolute atomic E-state index is 0.147. The Bertz CT molecular complexity index is 798. The Balaban J connectivity index is 2.05. The van der Waals surface area contributed by atoms with Crippen LogP contribution in [0.5, 0.6) is 0 Å². The van der Waals surface area contributed by atoms with E-state index in [9.17, 15) is 14.4 Å². The van der Waals surface area contributed by atoms with E-state index in [2.05, 4.69) is 10.6 Å². The van der Waals surface area contributed by atoms with Crippen LogP contribution in [0.25, 0.3) is 0 Å². The third-order valence-corrected chi connectivity index (χ3v) is 3.65. The second kappa shape index (κ2) is 8.10. The van der Waals surface area contributed by atoms with Crippen molar-refractivity contribution < 1.29 is 19.1 Å². The van der Waals surface area contributed by atoms with Crippen LogP contribution < -0.4 is 10.6 Å². The van der Waals surface area contributed by atoms with Gasteiger partial charge in [0, 0.05) is 18.3 Å². The SMILES string of the molecule is COC(=O)c1cccc(NC(=O)Cc2ccc(NC(C)=O)cc2)c1C. The van der Waals surface area contributed by atoms with Gasteiger partial charge in [-0.3, -0.25) is 9.59 Å². The fourth-order valence-electron chi connectivity index (χ4n) is 2.39. The zero-order valence-electron chi connectivity index (χ0n) is 14.4. The highest BCUT2D eigenvalue weighted by Gasteiger charge is 2.13. The smallest absolute Gasteiger partial charge is 0.338 e.